The van der Waals surface area contributed by atoms with Crippen LogP contribution in [-0.2, 0) is 6.54 Å². The van der Waals surface area contributed by atoms with Crippen LogP contribution in [-0.4, -0.2) is 14.8 Å². The van der Waals surface area contributed by atoms with E-state index >= 15 is 0 Å². The molecular weight excluding hydrogens is 439 g/mol. The lowest BCUT2D eigenvalue weighted by molar-refractivity contribution is 0.153. The van der Waals surface area contributed by atoms with Gasteiger partial charge in [0.15, 0.2) is 5.65 Å². The van der Waals surface area contributed by atoms with Crippen molar-refractivity contribution in [2.75, 3.05) is 0 Å². The summed E-state index contributed by atoms with van der Waals surface area (Å²) >= 11 is 18.1. The molecule has 0 aliphatic rings. The molecule has 0 N–H and O–H groups in total. The number of hydrogen-bond donors (Lipinski definition) is 0. The third kappa shape index (κ3) is 3.95. The summed E-state index contributed by atoms with van der Waals surface area (Å²) in [6.45, 7) is 2.05. The smallest absolute Gasteiger partial charge is 0.243 e. The van der Waals surface area contributed by atoms with Gasteiger partial charge in [-0.1, -0.05) is 53.0 Å². The molecule has 8 heteroatoms. The fraction of sp³-hybridized carbons (Fsp3) is 0.143. The van der Waals surface area contributed by atoms with Crippen LogP contribution in [0, 0.1) is 6.92 Å². The highest BCUT2D eigenvalue weighted by atomic mass is 35.5. The number of hydrogen-bond acceptors (Lipinski definition) is 2. The van der Waals surface area contributed by atoms with Gasteiger partial charge in [0.2, 0.25) is 0 Å². The van der Waals surface area contributed by atoms with Gasteiger partial charge in [-0.2, -0.15) is 5.10 Å². The summed E-state index contributed by atoms with van der Waals surface area (Å²) in [7, 11) is 0. The van der Waals surface area contributed by atoms with Crippen molar-refractivity contribution in [1.29, 1.82) is 0 Å². The number of benzene rings is 2. The van der Waals surface area contributed by atoms with Crippen molar-refractivity contribution < 1.29 is 8.78 Å². The molecule has 0 aliphatic carbocycles. The Kier molecular flexibility index (Phi) is 5.47. The quantitative estimate of drug-likeness (QED) is 0.324. The molecule has 4 rings (SSSR count). The minimum atomic E-state index is -2.68. The number of aromatic nitrogens is 3. The minimum absolute atomic E-state index is 0.120. The molecule has 0 unspecified atom stereocenters. The fourth-order valence-corrected chi connectivity index (χ4v) is 3.79. The minimum Gasteiger partial charge on any atom is -0.243 e. The summed E-state index contributed by atoms with van der Waals surface area (Å²) < 4.78 is 29.4. The molecule has 29 heavy (non-hydrogen) atoms. The van der Waals surface area contributed by atoms with Crippen LogP contribution < -0.4 is 0 Å². The average Bonchev–Trinajstić information content (AvgIpc) is 2.98. The molecule has 0 atom stereocenters. The van der Waals surface area contributed by atoms with Crippen LogP contribution in [0.3, 0.4) is 0 Å². The molecule has 0 bridgehead atoms. The Bertz CT molecular complexity index is 1220. The van der Waals surface area contributed by atoms with E-state index in [-0.39, 0.29) is 5.56 Å². The highest BCUT2D eigenvalue weighted by Crippen LogP contribution is 2.35. The molecule has 0 radical (unpaired) electrons. The van der Waals surface area contributed by atoms with Crippen molar-refractivity contribution in [3.05, 3.63) is 80.4 Å². The molecule has 2 heterocycles. The third-order valence-corrected chi connectivity index (χ3v) is 5.55. The molecule has 2 aromatic carbocycles. The summed E-state index contributed by atoms with van der Waals surface area (Å²) in [4.78, 5) is 4.63. The Hall–Kier alpha value is -2.21. The van der Waals surface area contributed by atoms with Crippen LogP contribution in [0.15, 0.2) is 48.5 Å². The summed E-state index contributed by atoms with van der Waals surface area (Å²) in [6.07, 6.45) is -2.68. The lowest BCUT2D eigenvalue weighted by Crippen LogP contribution is -2.04. The maximum atomic E-state index is 13.9. The van der Waals surface area contributed by atoms with Crippen LogP contribution in [0.2, 0.25) is 15.1 Å². The molecular formula is C21H14Cl3F2N3. The second kappa shape index (κ2) is 7.90. The fourth-order valence-electron chi connectivity index (χ4n) is 3.28. The van der Waals surface area contributed by atoms with Gasteiger partial charge in [-0.15, -0.1) is 0 Å². The number of alkyl halides is 2. The second-order valence-electron chi connectivity index (χ2n) is 6.60. The van der Waals surface area contributed by atoms with E-state index in [1.54, 1.807) is 41.9 Å². The zero-order valence-electron chi connectivity index (χ0n) is 15.1. The lowest BCUT2D eigenvalue weighted by Gasteiger charge is -2.10. The van der Waals surface area contributed by atoms with Crippen molar-refractivity contribution >= 4 is 45.8 Å². The Morgan fingerprint density at radius 1 is 1.00 bits per heavy atom. The summed E-state index contributed by atoms with van der Waals surface area (Å²) in [5, 5.41) is 6.11. The predicted octanol–water partition coefficient (Wildman–Crippen LogP) is 7.35. The van der Waals surface area contributed by atoms with Gasteiger partial charge >= 0.3 is 0 Å². The number of nitrogens with zero attached hydrogens (tertiary/aromatic N) is 3. The zero-order chi connectivity index (χ0) is 20.7. The number of pyridine rings is 1. The van der Waals surface area contributed by atoms with Crippen molar-refractivity contribution in [3.63, 3.8) is 0 Å². The summed E-state index contributed by atoms with van der Waals surface area (Å²) in [5.74, 6) is 0. The summed E-state index contributed by atoms with van der Waals surface area (Å²) in [6, 6.07) is 13.6. The number of halogens is 5. The van der Waals surface area contributed by atoms with E-state index in [2.05, 4.69) is 10.1 Å². The lowest BCUT2D eigenvalue weighted by atomic mass is 10.1. The van der Waals surface area contributed by atoms with Crippen LogP contribution in [0.25, 0.3) is 22.3 Å². The van der Waals surface area contributed by atoms with E-state index in [1.165, 1.54) is 6.07 Å². The topological polar surface area (TPSA) is 30.7 Å². The number of fused-ring (bicyclic) bond motifs is 1. The largest absolute Gasteiger partial charge is 0.264 e. The molecule has 3 nitrogen and oxygen atoms in total. The van der Waals surface area contributed by atoms with E-state index < -0.39 is 6.43 Å². The third-order valence-electron chi connectivity index (χ3n) is 4.58. The van der Waals surface area contributed by atoms with Crippen molar-refractivity contribution in [3.8, 4) is 11.3 Å². The first kappa shape index (κ1) is 20.1. The highest BCUT2D eigenvalue weighted by Gasteiger charge is 2.21. The van der Waals surface area contributed by atoms with E-state index in [9.17, 15) is 8.78 Å². The number of rotatable bonds is 4. The van der Waals surface area contributed by atoms with Crippen LogP contribution in [0.1, 0.15) is 23.2 Å². The first-order chi connectivity index (χ1) is 13.8. The molecule has 0 spiro atoms. The maximum absolute atomic E-state index is 13.9. The average molecular weight is 453 g/mol. The molecule has 0 fully saturated rings. The normalized spacial score (nSPS) is 11.6. The molecule has 0 saturated heterocycles. The van der Waals surface area contributed by atoms with Crippen LogP contribution >= 0.6 is 34.8 Å². The van der Waals surface area contributed by atoms with Crippen molar-refractivity contribution in [2.24, 2.45) is 0 Å². The highest BCUT2D eigenvalue weighted by molar-refractivity contribution is 6.42. The molecule has 148 valence electrons. The second-order valence-corrected chi connectivity index (χ2v) is 7.85. The first-order valence-electron chi connectivity index (χ1n) is 8.69. The van der Waals surface area contributed by atoms with Crippen LogP contribution in [0.5, 0.6) is 0 Å². The van der Waals surface area contributed by atoms with E-state index in [4.69, 9.17) is 34.8 Å². The molecule has 2 aromatic heterocycles. The Morgan fingerprint density at radius 2 is 1.79 bits per heavy atom. The van der Waals surface area contributed by atoms with Gasteiger partial charge in [-0.05, 0) is 42.8 Å². The zero-order valence-corrected chi connectivity index (χ0v) is 17.4. The molecule has 0 saturated carbocycles. The van der Waals surface area contributed by atoms with Gasteiger partial charge in [-0.3, -0.25) is 0 Å². The van der Waals surface area contributed by atoms with Crippen molar-refractivity contribution in [1.82, 2.24) is 14.8 Å². The van der Waals surface area contributed by atoms with Gasteiger partial charge in [0.25, 0.3) is 6.43 Å². The SMILES string of the molecule is Cc1nn(Cc2cccc(Cl)c2)c2nc(-c3ccc(Cl)c(Cl)c3)cc(C(F)F)c12. The van der Waals surface area contributed by atoms with Gasteiger partial charge in [0.1, 0.15) is 0 Å². The van der Waals surface area contributed by atoms with Gasteiger partial charge in [0.05, 0.1) is 33.4 Å². The van der Waals surface area contributed by atoms with Gasteiger partial charge < -0.3 is 0 Å². The Labute approximate surface area is 180 Å². The van der Waals surface area contributed by atoms with Crippen molar-refractivity contribution in [2.45, 2.75) is 19.9 Å². The number of aryl methyl sites for hydroxylation is 1. The van der Waals surface area contributed by atoms with E-state index in [1.807, 2.05) is 12.1 Å². The van der Waals surface area contributed by atoms with E-state index in [0.717, 1.165) is 5.56 Å². The first-order valence-corrected chi connectivity index (χ1v) is 9.83. The van der Waals surface area contributed by atoms with E-state index in [0.29, 0.717) is 49.6 Å². The van der Waals surface area contributed by atoms with Crippen LogP contribution in [0.4, 0.5) is 8.78 Å². The molecule has 0 amide bonds. The standard InChI is InChI=1S/C21H14Cl3F2N3/c1-11-19-15(20(25)26)9-18(13-5-6-16(23)17(24)8-13)27-21(19)29(28-11)10-12-3-2-4-14(22)7-12/h2-9,20H,10H2,1H3. The van der Waals surface area contributed by atoms with Gasteiger partial charge in [-0.25, -0.2) is 18.4 Å². The maximum Gasteiger partial charge on any atom is 0.264 e. The molecule has 0 aliphatic heterocycles. The Balaban J connectivity index is 1.92. The Morgan fingerprint density at radius 3 is 2.48 bits per heavy atom. The monoisotopic (exact) mass is 451 g/mol. The predicted molar refractivity (Wildman–Crippen MR) is 113 cm³/mol. The molecule has 4 aromatic rings. The summed E-state index contributed by atoms with van der Waals surface area (Å²) in [5.41, 5.74) is 2.61. The van der Waals surface area contributed by atoms with Gasteiger partial charge in [0, 0.05) is 16.1 Å².